The van der Waals surface area contributed by atoms with Crippen molar-refractivity contribution in [1.82, 2.24) is 0 Å². The van der Waals surface area contributed by atoms with Gasteiger partial charge in [-0.1, -0.05) is 97.3 Å². The molecule has 0 amide bonds. The molecule has 0 rings (SSSR count). The van der Waals surface area contributed by atoms with Crippen molar-refractivity contribution in [2.45, 2.75) is 135 Å². The van der Waals surface area contributed by atoms with Gasteiger partial charge in [0, 0.05) is 6.42 Å². The maximum atomic E-state index is 12.0. The van der Waals surface area contributed by atoms with Gasteiger partial charge in [0.25, 0.3) is 0 Å². The number of hydrogen-bond donors (Lipinski definition) is 2. The van der Waals surface area contributed by atoms with Crippen molar-refractivity contribution in [2.24, 2.45) is 0 Å². The summed E-state index contributed by atoms with van der Waals surface area (Å²) in [5.74, 6) is -0.237. The minimum atomic E-state index is -0.965. The fourth-order valence-electron chi connectivity index (χ4n) is 3.38. The molecule has 27 heavy (non-hydrogen) atoms. The summed E-state index contributed by atoms with van der Waals surface area (Å²) < 4.78 is 5.43. The van der Waals surface area contributed by atoms with E-state index < -0.39 is 12.2 Å². The van der Waals surface area contributed by atoms with E-state index in [0.717, 1.165) is 38.5 Å². The van der Waals surface area contributed by atoms with Crippen molar-refractivity contribution < 1.29 is 19.7 Å². The molecule has 0 saturated carbocycles. The van der Waals surface area contributed by atoms with Crippen LogP contribution in [0.4, 0.5) is 0 Å². The van der Waals surface area contributed by atoms with E-state index in [0.29, 0.717) is 12.8 Å². The number of ether oxygens (including phenoxy) is 1. The van der Waals surface area contributed by atoms with Crippen LogP contribution in [0.5, 0.6) is 0 Å². The van der Waals surface area contributed by atoms with Crippen LogP contribution >= 0.6 is 0 Å². The lowest BCUT2D eigenvalue weighted by molar-refractivity contribution is -0.157. The van der Waals surface area contributed by atoms with Gasteiger partial charge in [-0.05, 0) is 19.3 Å². The van der Waals surface area contributed by atoms with Crippen LogP contribution in [0.1, 0.15) is 123 Å². The first-order valence-electron chi connectivity index (χ1n) is 11.6. The lowest BCUT2D eigenvalue weighted by Gasteiger charge is -2.22. The Balaban J connectivity index is 3.67. The normalized spacial score (nSPS) is 13.5. The fourth-order valence-corrected chi connectivity index (χ4v) is 3.38. The molecule has 2 atom stereocenters. The molecule has 0 radical (unpaired) electrons. The van der Waals surface area contributed by atoms with Crippen molar-refractivity contribution in [2.75, 3.05) is 6.61 Å². The molecule has 0 aromatic rings. The van der Waals surface area contributed by atoms with Crippen LogP contribution in [0.3, 0.4) is 0 Å². The molecule has 4 heteroatoms. The summed E-state index contributed by atoms with van der Waals surface area (Å²) in [6.45, 7) is 4.04. The fraction of sp³-hybridized carbons (Fsp3) is 0.957. The number of hydrogen-bond acceptors (Lipinski definition) is 4. The highest BCUT2D eigenvalue weighted by Crippen LogP contribution is 2.15. The summed E-state index contributed by atoms with van der Waals surface area (Å²) in [6, 6.07) is 0. The Labute approximate surface area is 168 Å². The van der Waals surface area contributed by atoms with E-state index in [1.165, 1.54) is 57.8 Å². The Morgan fingerprint density at radius 3 is 1.67 bits per heavy atom. The molecule has 162 valence electrons. The zero-order valence-corrected chi connectivity index (χ0v) is 18.1. The maximum absolute atomic E-state index is 12.0. The molecule has 0 bridgehead atoms. The summed E-state index contributed by atoms with van der Waals surface area (Å²) in [4.78, 5) is 12.0. The summed E-state index contributed by atoms with van der Waals surface area (Å²) in [6.07, 6.45) is 17.6. The molecule has 0 spiro atoms. The van der Waals surface area contributed by atoms with Crippen LogP contribution in [0.2, 0.25) is 0 Å². The summed E-state index contributed by atoms with van der Waals surface area (Å²) in [7, 11) is 0. The molecule has 4 nitrogen and oxygen atoms in total. The highest BCUT2D eigenvalue weighted by atomic mass is 16.6. The second kappa shape index (κ2) is 20.1. The van der Waals surface area contributed by atoms with E-state index in [1.54, 1.807) is 0 Å². The van der Waals surface area contributed by atoms with Crippen molar-refractivity contribution in [3.63, 3.8) is 0 Å². The monoisotopic (exact) mass is 386 g/mol. The third-order valence-corrected chi connectivity index (χ3v) is 5.23. The van der Waals surface area contributed by atoms with E-state index >= 15 is 0 Å². The number of aliphatic hydroxyl groups is 2. The Morgan fingerprint density at radius 1 is 0.741 bits per heavy atom. The van der Waals surface area contributed by atoms with Gasteiger partial charge < -0.3 is 14.9 Å². The van der Waals surface area contributed by atoms with Gasteiger partial charge >= 0.3 is 5.97 Å². The molecule has 0 saturated heterocycles. The van der Waals surface area contributed by atoms with Gasteiger partial charge in [0.2, 0.25) is 0 Å². The zero-order valence-electron chi connectivity index (χ0n) is 18.1. The second-order valence-corrected chi connectivity index (χ2v) is 7.91. The highest BCUT2D eigenvalue weighted by Gasteiger charge is 2.22. The van der Waals surface area contributed by atoms with Gasteiger partial charge in [0.05, 0.1) is 6.61 Å². The maximum Gasteiger partial charge on any atom is 0.306 e. The van der Waals surface area contributed by atoms with Crippen molar-refractivity contribution in [3.8, 4) is 0 Å². The first kappa shape index (κ1) is 26.4. The van der Waals surface area contributed by atoms with Crippen LogP contribution < -0.4 is 0 Å². The third-order valence-electron chi connectivity index (χ3n) is 5.23. The molecule has 0 aliphatic rings. The lowest BCUT2D eigenvalue weighted by Crippen LogP contribution is -2.34. The molecule has 2 unspecified atom stereocenters. The Morgan fingerprint density at radius 2 is 1.19 bits per heavy atom. The second-order valence-electron chi connectivity index (χ2n) is 7.91. The first-order valence-corrected chi connectivity index (χ1v) is 11.6. The van der Waals surface area contributed by atoms with Gasteiger partial charge in [0.1, 0.15) is 12.2 Å². The smallest absolute Gasteiger partial charge is 0.306 e. The standard InChI is InChI=1S/C23H46O4/c1-3-5-7-9-10-11-12-13-14-15-17-19-23(26)27-22(21(25)20-24)18-16-8-6-4-2/h21-22,24-25H,3-20H2,1-2H3. The quantitative estimate of drug-likeness (QED) is 0.201. The van der Waals surface area contributed by atoms with Gasteiger partial charge in [-0.3, -0.25) is 4.79 Å². The molecule has 0 aliphatic carbocycles. The molecule has 2 N–H and O–H groups in total. The molecule has 0 aromatic carbocycles. The van der Waals surface area contributed by atoms with Crippen LogP contribution in [-0.2, 0) is 9.53 Å². The van der Waals surface area contributed by atoms with Crippen molar-refractivity contribution in [3.05, 3.63) is 0 Å². The van der Waals surface area contributed by atoms with Crippen molar-refractivity contribution in [1.29, 1.82) is 0 Å². The topological polar surface area (TPSA) is 66.8 Å². The van der Waals surface area contributed by atoms with E-state index in [2.05, 4.69) is 13.8 Å². The van der Waals surface area contributed by atoms with Crippen LogP contribution in [-0.4, -0.2) is 35.0 Å². The number of aliphatic hydroxyl groups excluding tert-OH is 2. The number of carbonyl (C=O) groups is 1. The summed E-state index contributed by atoms with van der Waals surface area (Å²) in [5, 5.41) is 19.0. The van der Waals surface area contributed by atoms with Gasteiger partial charge in [-0.25, -0.2) is 0 Å². The van der Waals surface area contributed by atoms with E-state index in [4.69, 9.17) is 9.84 Å². The largest absolute Gasteiger partial charge is 0.460 e. The molecule has 0 aliphatic heterocycles. The van der Waals surface area contributed by atoms with Gasteiger partial charge in [0.15, 0.2) is 0 Å². The molecular formula is C23H46O4. The number of carbonyl (C=O) groups excluding carboxylic acids is 1. The molecule has 0 aromatic heterocycles. The van der Waals surface area contributed by atoms with Crippen LogP contribution in [0.25, 0.3) is 0 Å². The third kappa shape index (κ3) is 17.2. The van der Waals surface area contributed by atoms with E-state index in [9.17, 15) is 9.90 Å². The van der Waals surface area contributed by atoms with Crippen LogP contribution in [0, 0.1) is 0 Å². The van der Waals surface area contributed by atoms with Gasteiger partial charge in [-0.15, -0.1) is 0 Å². The average molecular weight is 387 g/mol. The molecular weight excluding hydrogens is 340 g/mol. The minimum absolute atomic E-state index is 0.237. The first-order chi connectivity index (χ1) is 13.2. The highest BCUT2D eigenvalue weighted by molar-refractivity contribution is 5.69. The molecule has 0 fully saturated rings. The SMILES string of the molecule is CCCCCCCCCCCCCC(=O)OC(CCCCCC)C(O)CO. The predicted molar refractivity (Wildman–Crippen MR) is 113 cm³/mol. The van der Waals surface area contributed by atoms with Crippen molar-refractivity contribution >= 4 is 5.97 Å². The van der Waals surface area contributed by atoms with Crippen LogP contribution in [0.15, 0.2) is 0 Å². The zero-order chi connectivity index (χ0) is 20.2. The van der Waals surface area contributed by atoms with E-state index in [1.807, 2.05) is 0 Å². The lowest BCUT2D eigenvalue weighted by atomic mass is 10.0. The Hall–Kier alpha value is -0.610. The summed E-state index contributed by atoms with van der Waals surface area (Å²) >= 11 is 0. The van der Waals surface area contributed by atoms with Gasteiger partial charge in [-0.2, -0.15) is 0 Å². The Kier molecular flexibility index (Phi) is 19.7. The average Bonchev–Trinajstić information content (AvgIpc) is 2.67. The number of rotatable bonds is 20. The summed E-state index contributed by atoms with van der Waals surface area (Å²) in [5.41, 5.74) is 0. The number of unbranched alkanes of at least 4 members (excludes halogenated alkanes) is 13. The van der Waals surface area contributed by atoms with E-state index in [-0.39, 0.29) is 12.6 Å². The predicted octanol–water partition coefficient (Wildman–Crippen LogP) is 5.92. The Bertz CT molecular complexity index is 320. The molecule has 0 heterocycles. The minimum Gasteiger partial charge on any atom is -0.460 e. The number of esters is 1.